The van der Waals surface area contributed by atoms with Gasteiger partial charge in [0.1, 0.15) is 5.82 Å². The molecule has 1 nitrogen and oxygen atoms in total. The molecule has 3 heteroatoms. The number of rotatable bonds is 2. The number of halogens is 2. The van der Waals surface area contributed by atoms with E-state index in [-0.39, 0.29) is 5.82 Å². The van der Waals surface area contributed by atoms with Gasteiger partial charge in [-0.3, -0.25) is 0 Å². The number of hydrogen-bond donors (Lipinski definition) is 1. The van der Waals surface area contributed by atoms with E-state index in [2.05, 4.69) is 0 Å². The largest absolute Gasteiger partial charge is 0.326 e. The predicted molar refractivity (Wildman–Crippen MR) is 74.2 cm³/mol. The van der Waals surface area contributed by atoms with Crippen molar-refractivity contribution >= 4 is 11.6 Å². The van der Waals surface area contributed by atoms with E-state index >= 15 is 0 Å². The lowest BCUT2D eigenvalue weighted by Gasteiger charge is -2.11. The second kappa shape index (κ2) is 5.09. The van der Waals surface area contributed by atoms with E-state index in [4.69, 9.17) is 17.3 Å². The van der Waals surface area contributed by atoms with Crippen molar-refractivity contribution in [1.29, 1.82) is 0 Å². The summed E-state index contributed by atoms with van der Waals surface area (Å²) in [5, 5.41) is 0.426. The molecule has 0 heterocycles. The Kier molecular flexibility index (Phi) is 3.69. The Bertz CT molecular complexity index is 593. The van der Waals surface area contributed by atoms with Gasteiger partial charge in [0.25, 0.3) is 0 Å². The topological polar surface area (TPSA) is 26.0 Å². The molecular formula is C15H15ClFN. The highest BCUT2D eigenvalue weighted by atomic mass is 35.5. The Hall–Kier alpha value is -1.38. The Morgan fingerprint density at radius 3 is 2.44 bits per heavy atom. The summed E-state index contributed by atoms with van der Waals surface area (Å²) in [7, 11) is 0. The monoisotopic (exact) mass is 263 g/mol. The minimum absolute atomic E-state index is 0.281. The minimum atomic E-state index is -0.281. The molecule has 0 spiro atoms. The first-order valence-corrected chi connectivity index (χ1v) is 6.16. The van der Waals surface area contributed by atoms with Crippen molar-refractivity contribution in [1.82, 2.24) is 0 Å². The van der Waals surface area contributed by atoms with E-state index in [9.17, 15) is 4.39 Å². The van der Waals surface area contributed by atoms with Gasteiger partial charge in [0, 0.05) is 12.1 Å². The van der Waals surface area contributed by atoms with Crippen molar-refractivity contribution in [2.45, 2.75) is 20.4 Å². The van der Waals surface area contributed by atoms with Crippen molar-refractivity contribution in [3.63, 3.8) is 0 Å². The molecule has 0 bridgehead atoms. The Morgan fingerprint density at radius 2 is 1.78 bits per heavy atom. The molecule has 0 amide bonds. The summed E-state index contributed by atoms with van der Waals surface area (Å²) in [5.41, 5.74) is 10.2. The van der Waals surface area contributed by atoms with Crippen LogP contribution < -0.4 is 5.73 Å². The highest BCUT2D eigenvalue weighted by Gasteiger charge is 2.10. The molecule has 2 aromatic rings. The van der Waals surface area contributed by atoms with Crippen LogP contribution in [0.3, 0.4) is 0 Å². The maximum absolute atomic E-state index is 13.4. The third kappa shape index (κ3) is 2.40. The van der Waals surface area contributed by atoms with Crippen molar-refractivity contribution < 1.29 is 4.39 Å². The molecule has 2 N–H and O–H groups in total. The zero-order chi connectivity index (χ0) is 13.3. The van der Waals surface area contributed by atoms with E-state index in [1.807, 2.05) is 25.1 Å². The Labute approximate surface area is 111 Å². The maximum Gasteiger partial charge on any atom is 0.127 e. The van der Waals surface area contributed by atoms with Crippen LogP contribution in [0.4, 0.5) is 4.39 Å². The first-order valence-electron chi connectivity index (χ1n) is 5.78. The van der Waals surface area contributed by atoms with Crippen LogP contribution >= 0.6 is 11.6 Å². The van der Waals surface area contributed by atoms with Gasteiger partial charge in [-0.1, -0.05) is 23.7 Å². The average molecular weight is 264 g/mol. The minimum Gasteiger partial charge on any atom is -0.326 e. The fourth-order valence-corrected chi connectivity index (χ4v) is 2.20. The summed E-state index contributed by atoms with van der Waals surface area (Å²) >= 11 is 6.13. The van der Waals surface area contributed by atoms with Gasteiger partial charge < -0.3 is 5.73 Å². The van der Waals surface area contributed by atoms with Gasteiger partial charge in [-0.05, 0) is 54.3 Å². The quantitative estimate of drug-likeness (QED) is 0.862. The molecule has 0 fully saturated rings. The van der Waals surface area contributed by atoms with Crippen LogP contribution in [0.15, 0.2) is 30.3 Å². The molecule has 94 valence electrons. The molecule has 0 aliphatic carbocycles. The van der Waals surface area contributed by atoms with E-state index in [0.717, 1.165) is 22.3 Å². The van der Waals surface area contributed by atoms with Crippen LogP contribution in [0.25, 0.3) is 11.1 Å². The van der Waals surface area contributed by atoms with Gasteiger partial charge in [0.05, 0.1) is 5.02 Å². The summed E-state index contributed by atoms with van der Waals surface area (Å²) < 4.78 is 13.4. The molecule has 0 aromatic heterocycles. The number of aryl methyl sites for hydroxylation is 2. The van der Waals surface area contributed by atoms with Crippen LogP contribution in [0.1, 0.15) is 16.7 Å². The Balaban J connectivity index is 2.64. The molecule has 0 unspecified atom stereocenters. The molecule has 0 radical (unpaired) electrons. The van der Waals surface area contributed by atoms with Gasteiger partial charge in [0.2, 0.25) is 0 Å². The number of hydrogen-bond acceptors (Lipinski definition) is 1. The van der Waals surface area contributed by atoms with Crippen LogP contribution in [-0.2, 0) is 6.54 Å². The lowest BCUT2D eigenvalue weighted by atomic mass is 9.96. The third-order valence-corrected chi connectivity index (χ3v) is 3.39. The van der Waals surface area contributed by atoms with Crippen molar-refractivity contribution in [2.24, 2.45) is 5.73 Å². The predicted octanol–water partition coefficient (Wildman–Crippen LogP) is 4.22. The molecule has 0 saturated carbocycles. The first kappa shape index (κ1) is 13.1. The van der Waals surface area contributed by atoms with Gasteiger partial charge in [-0.25, -0.2) is 4.39 Å². The van der Waals surface area contributed by atoms with Gasteiger partial charge in [-0.15, -0.1) is 0 Å². The highest BCUT2D eigenvalue weighted by Crippen LogP contribution is 2.32. The number of nitrogens with two attached hydrogens (primary N) is 1. The lowest BCUT2D eigenvalue weighted by molar-refractivity contribution is 0.619. The molecule has 0 aliphatic heterocycles. The van der Waals surface area contributed by atoms with Crippen LogP contribution in [0, 0.1) is 19.7 Å². The van der Waals surface area contributed by atoms with Crippen LogP contribution in [0.5, 0.6) is 0 Å². The SMILES string of the molecule is Cc1cc(-c2cc(CN)ccc2C)c(Cl)cc1F. The van der Waals surface area contributed by atoms with E-state index in [1.165, 1.54) is 6.07 Å². The first-order chi connectivity index (χ1) is 8.52. The van der Waals surface area contributed by atoms with Gasteiger partial charge in [-0.2, -0.15) is 0 Å². The second-order valence-electron chi connectivity index (χ2n) is 4.43. The van der Waals surface area contributed by atoms with Gasteiger partial charge in [0.15, 0.2) is 0 Å². The summed E-state index contributed by atoms with van der Waals surface area (Å²) in [6.07, 6.45) is 0. The normalized spacial score (nSPS) is 10.7. The van der Waals surface area contributed by atoms with Gasteiger partial charge >= 0.3 is 0 Å². The molecule has 18 heavy (non-hydrogen) atoms. The molecule has 0 saturated heterocycles. The van der Waals surface area contributed by atoms with Crippen molar-refractivity contribution in [3.8, 4) is 11.1 Å². The van der Waals surface area contributed by atoms with Crippen LogP contribution in [0.2, 0.25) is 5.02 Å². The summed E-state index contributed by atoms with van der Waals surface area (Å²) in [6.45, 7) is 4.22. The smallest absolute Gasteiger partial charge is 0.127 e. The van der Waals surface area contributed by atoms with E-state index in [1.54, 1.807) is 13.0 Å². The third-order valence-electron chi connectivity index (χ3n) is 3.08. The zero-order valence-corrected chi connectivity index (χ0v) is 11.2. The van der Waals surface area contributed by atoms with Crippen LogP contribution in [-0.4, -0.2) is 0 Å². The average Bonchev–Trinajstić information content (AvgIpc) is 2.35. The summed E-state index contributed by atoms with van der Waals surface area (Å²) in [5.74, 6) is -0.281. The fraction of sp³-hybridized carbons (Fsp3) is 0.200. The van der Waals surface area contributed by atoms with Crippen molar-refractivity contribution in [3.05, 3.63) is 57.9 Å². The zero-order valence-electron chi connectivity index (χ0n) is 10.4. The molecule has 0 aliphatic rings. The lowest BCUT2D eigenvalue weighted by Crippen LogP contribution is -1.97. The maximum atomic E-state index is 13.4. The standard InChI is InChI=1S/C15H15ClFN/c1-9-3-4-11(8-18)6-12(9)13-5-10(2)15(17)7-14(13)16/h3-7H,8,18H2,1-2H3. The molecule has 0 atom stereocenters. The van der Waals surface area contributed by atoms with Crippen molar-refractivity contribution in [2.75, 3.05) is 0 Å². The van der Waals surface area contributed by atoms with E-state index in [0.29, 0.717) is 17.1 Å². The summed E-state index contributed by atoms with van der Waals surface area (Å²) in [4.78, 5) is 0. The second-order valence-corrected chi connectivity index (χ2v) is 4.84. The Morgan fingerprint density at radius 1 is 1.06 bits per heavy atom. The number of benzene rings is 2. The fourth-order valence-electron chi connectivity index (χ4n) is 1.95. The molecular weight excluding hydrogens is 249 g/mol. The van der Waals surface area contributed by atoms with E-state index < -0.39 is 0 Å². The molecule has 2 aromatic carbocycles. The highest BCUT2D eigenvalue weighted by molar-refractivity contribution is 6.33. The molecule has 2 rings (SSSR count). The summed E-state index contributed by atoms with van der Waals surface area (Å²) in [6, 6.07) is 9.14.